The Labute approximate surface area is 117 Å². The van der Waals surface area contributed by atoms with Crippen LogP contribution in [0.1, 0.15) is 10.4 Å². The molecule has 19 heavy (non-hydrogen) atoms. The first-order valence-electron chi connectivity index (χ1n) is 5.76. The van der Waals surface area contributed by atoms with Crippen LogP contribution in [0.4, 0.5) is 11.4 Å². The first kappa shape index (κ1) is 13.4. The zero-order valence-corrected chi connectivity index (χ0v) is 11.5. The fourth-order valence-corrected chi connectivity index (χ4v) is 1.69. The summed E-state index contributed by atoms with van der Waals surface area (Å²) in [5.41, 5.74) is 2.23. The molecule has 0 atom stereocenters. The van der Waals surface area contributed by atoms with E-state index in [0.29, 0.717) is 10.7 Å². The Hall–Kier alpha value is -2.07. The van der Waals surface area contributed by atoms with Crippen molar-refractivity contribution in [3.05, 3.63) is 53.3 Å². The molecule has 1 amide bonds. The summed E-state index contributed by atoms with van der Waals surface area (Å²) in [6.07, 6.45) is 1.45. The maximum absolute atomic E-state index is 12.0. The maximum Gasteiger partial charge on any atom is 0.257 e. The molecule has 0 saturated heterocycles. The molecule has 5 heteroatoms. The van der Waals surface area contributed by atoms with Gasteiger partial charge in [0.25, 0.3) is 5.91 Å². The molecule has 1 heterocycles. The predicted octanol–water partition coefficient (Wildman–Crippen LogP) is 3.05. The Morgan fingerprint density at radius 3 is 2.68 bits per heavy atom. The molecular weight excluding hydrogens is 262 g/mol. The Balaban J connectivity index is 2.14. The minimum absolute atomic E-state index is 0.208. The van der Waals surface area contributed by atoms with Crippen molar-refractivity contribution in [1.29, 1.82) is 0 Å². The third-order valence-electron chi connectivity index (χ3n) is 2.61. The molecule has 4 nitrogen and oxygen atoms in total. The standard InChI is InChI=1S/C14H14ClN3O/c1-18(2)12-5-3-4-11(8-12)17-14(19)10-6-7-13(15)16-9-10/h3-9H,1-2H3,(H,17,19). The molecule has 0 radical (unpaired) electrons. The average molecular weight is 276 g/mol. The van der Waals surface area contributed by atoms with E-state index < -0.39 is 0 Å². The minimum Gasteiger partial charge on any atom is -0.378 e. The second kappa shape index (κ2) is 5.71. The Kier molecular flexibility index (Phi) is 4.02. The van der Waals surface area contributed by atoms with Crippen molar-refractivity contribution in [2.45, 2.75) is 0 Å². The zero-order chi connectivity index (χ0) is 13.8. The largest absolute Gasteiger partial charge is 0.378 e. The van der Waals surface area contributed by atoms with E-state index in [0.717, 1.165) is 11.4 Å². The fraction of sp³-hybridized carbons (Fsp3) is 0.143. The summed E-state index contributed by atoms with van der Waals surface area (Å²) in [5, 5.41) is 3.19. The third kappa shape index (κ3) is 3.45. The Bertz CT molecular complexity index is 581. The van der Waals surface area contributed by atoms with Crippen molar-refractivity contribution in [2.75, 3.05) is 24.3 Å². The van der Waals surface area contributed by atoms with Gasteiger partial charge in [0.05, 0.1) is 5.56 Å². The average Bonchev–Trinajstić information content (AvgIpc) is 2.39. The second-order valence-electron chi connectivity index (χ2n) is 4.27. The molecule has 0 spiro atoms. The topological polar surface area (TPSA) is 45.2 Å². The Morgan fingerprint density at radius 1 is 1.26 bits per heavy atom. The highest BCUT2D eigenvalue weighted by Crippen LogP contribution is 2.18. The number of nitrogens with one attached hydrogen (secondary N) is 1. The number of amides is 1. The molecule has 0 fully saturated rings. The van der Waals surface area contributed by atoms with Gasteiger partial charge in [-0.15, -0.1) is 0 Å². The lowest BCUT2D eigenvalue weighted by Gasteiger charge is -2.14. The van der Waals surface area contributed by atoms with E-state index in [9.17, 15) is 4.79 Å². The number of hydrogen-bond acceptors (Lipinski definition) is 3. The molecule has 2 rings (SSSR count). The predicted molar refractivity (Wildman–Crippen MR) is 78.0 cm³/mol. The number of aromatic nitrogens is 1. The maximum atomic E-state index is 12.0. The summed E-state index contributed by atoms with van der Waals surface area (Å²) in [6, 6.07) is 10.8. The zero-order valence-electron chi connectivity index (χ0n) is 10.7. The van der Waals surface area contributed by atoms with Crippen LogP contribution in [0.15, 0.2) is 42.6 Å². The monoisotopic (exact) mass is 275 g/mol. The molecule has 98 valence electrons. The number of rotatable bonds is 3. The van der Waals surface area contributed by atoms with Crippen LogP contribution in [-0.2, 0) is 0 Å². The van der Waals surface area contributed by atoms with Gasteiger partial charge < -0.3 is 10.2 Å². The summed E-state index contributed by atoms with van der Waals surface area (Å²) < 4.78 is 0. The number of benzene rings is 1. The highest BCUT2D eigenvalue weighted by Gasteiger charge is 2.07. The third-order valence-corrected chi connectivity index (χ3v) is 2.83. The summed E-state index contributed by atoms with van der Waals surface area (Å²) in [4.78, 5) is 17.9. The summed E-state index contributed by atoms with van der Waals surface area (Å²) in [6.45, 7) is 0. The van der Waals surface area contributed by atoms with Gasteiger partial charge in [0, 0.05) is 31.7 Å². The summed E-state index contributed by atoms with van der Waals surface area (Å²) in [7, 11) is 3.90. The van der Waals surface area contributed by atoms with Crippen LogP contribution in [0.25, 0.3) is 0 Å². The van der Waals surface area contributed by atoms with Gasteiger partial charge in [0.15, 0.2) is 0 Å². The number of carbonyl (C=O) groups is 1. The molecule has 0 aliphatic rings. The van der Waals surface area contributed by atoms with Gasteiger partial charge in [-0.05, 0) is 30.3 Å². The van der Waals surface area contributed by atoms with Crippen molar-refractivity contribution >= 4 is 28.9 Å². The van der Waals surface area contributed by atoms with Crippen molar-refractivity contribution in [2.24, 2.45) is 0 Å². The highest BCUT2D eigenvalue weighted by molar-refractivity contribution is 6.29. The molecule has 1 aromatic heterocycles. The van der Waals surface area contributed by atoms with Crippen LogP contribution < -0.4 is 10.2 Å². The molecule has 0 aliphatic carbocycles. The number of halogens is 1. The van der Waals surface area contributed by atoms with Gasteiger partial charge in [-0.1, -0.05) is 17.7 Å². The molecule has 1 N–H and O–H groups in total. The smallest absolute Gasteiger partial charge is 0.257 e. The van der Waals surface area contributed by atoms with Crippen LogP contribution in [-0.4, -0.2) is 25.0 Å². The van der Waals surface area contributed by atoms with Crippen molar-refractivity contribution in [1.82, 2.24) is 4.98 Å². The molecule has 2 aromatic rings. The first-order valence-corrected chi connectivity index (χ1v) is 6.14. The second-order valence-corrected chi connectivity index (χ2v) is 4.66. The van der Waals surface area contributed by atoms with E-state index in [1.165, 1.54) is 6.20 Å². The normalized spacial score (nSPS) is 10.1. The summed E-state index contributed by atoms with van der Waals surface area (Å²) >= 11 is 5.68. The molecule has 0 aliphatic heterocycles. The molecular formula is C14H14ClN3O. The van der Waals surface area contributed by atoms with Gasteiger partial charge in [0.2, 0.25) is 0 Å². The van der Waals surface area contributed by atoms with E-state index in [2.05, 4.69) is 10.3 Å². The van der Waals surface area contributed by atoms with Gasteiger partial charge >= 0.3 is 0 Å². The minimum atomic E-state index is -0.208. The van der Waals surface area contributed by atoms with E-state index >= 15 is 0 Å². The van der Waals surface area contributed by atoms with Crippen LogP contribution in [0, 0.1) is 0 Å². The number of hydrogen-bond donors (Lipinski definition) is 1. The van der Waals surface area contributed by atoms with Gasteiger partial charge in [-0.3, -0.25) is 4.79 Å². The van der Waals surface area contributed by atoms with E-state index in [-0.39, 0.29) is 5.91 Å². The lowest BCUT2D eigenvalue weighted by molar-refractivity contribution is 0.102. The number of pyridine rings is 1. The SMILES string of the molecule is CN(C)c1cccc(NC(=O)c2ccc(Cl)nc2)c1. The lowest BCUT2D eigenvalue weighted by atomic mass is 10.2. The fourth-order valence-electron chi connectivity index (χ4n) is 1.58. The highest BCUT2D eigenvalue weighted by atomic mass is 35.5. The first-order chi connectivity index (χ1) is 9.06. The van der Waals surface area contributed by atoms with Crippen molar-refractivity contribution in [3.63, 3.8) is 0 Å². The van der Waals surface area contributed by atoms with Crippen LogP contribution >= 0.6 is 11.6 Å². The Morgan fingerprint density at radius 2 is 2.05 bits per heavy atom. The number of carbonyl (C=O) groups excluding carboxylic acids is 1. The molecule has 0 saturated carbocycles. The lowest BCUT2D eigenvalue weighted by Crippen LogP contribution is -2.13. The van der Waals surface area contributed by atoms with Crippen molar-refractivity contribution in [3.8, 4) is 0 Å². The van der Waals surface area contributed by atoms with Gasteiger partial charge in [-0.25, -0.2) is 4.98 Å². The molecule has 0 unspecified atom stereocenters. The number of anilines is 2. The van der Waals surface area contributed by atoms with E-state index in [4.69, 9.17) is 11.6 Å². The van der Waals surface area contributed by atoms with Crippen molar-refractivity contribution < 1.29 is 4.79 Å². The van der Waals surface area contributed by atoms with Crippen LogP contribution in [0.3, 0.4) is 0 Å². The van der Waals surface area contributed by atoms with Gasteiger partial charge in [0.1, 0.15) is 5.15 Å². The van der Waals surface area contributed by atoms with E-state index in [1.807, 2.05) is 43.3 Å². The molecule has 1 aromatic carbocycles. The van der Waals surface area contributed by atoms with Crippen LogP contribution in [0.2, 0.25) is 5.15 Å². The summed E-state index contributed by atoms with van der Waals surface area (Å²) in [5.74, 6) is -0.208. The molecule has 0 bridgehead atoms. The number of nitrogens with zero attached hydrogens (tertiary/aromatic N) is 2. The van der Waals surface area contributed by atoms with Gasteiger partial charge in [-0.2, -0.15) is 0 Å². The quantitative estimate of drug-likeness (QED) is 0.876. The van der Waals surface area contributed by atoms with E-state index in [1.54, 1.807) is 12.1 Å². The van der Waals surface area contributed by atoms with Crippen LogP contribution in [0.5, 0.6) is 0 Å².